The van der Waals surface area contributed by atoms with Crippen LogP contribution in [0.4, 0.5) is 0 Å². The number of fused-ring (bicyclic) bond motifs is 1. The standard InChI is InChI=1S/C18H18ClN3O2/c19-14-3-4-17-16(10-14)22(18(23)24-17)15-2-1-9-21(12-15)11-13-5-7-20-8-6-13/h3-8,10,15H,1-2,9,11-12H2/t15-/m1/s1. The Bertz CT molecular complexity index is 904. The van der Waals surface area contributed by atoms with E-state index in [1.807, 2.05) is 30.6 Å². The highest BCUT2D eigenvalue weighted by Crippen LogP contribution is 2.27. The minimum Gasteiger partial charge on any atom is -0.408 e. The Labute approximate surface area is 144 Å². The molecule has 1 saturated heterocycles. The van der Waals surface area contributed by atoms with Crippen LogP contribution in [0.15, 0.2) is 51.9 Å². The van der Waals surface area contributed by atoms with Crippen molar-refractivity contribution in [3.8, 4) is 0 Å². The van der Waals surface area contributed by atoms with Gasteiger partial charge >= 0.3 is 5.76 Å². The fraction of sp³-hybridized carbons (Fsp3) is 0.333. The van der Waals surface area contributed by atoms with Crippen LogP contribution >= 0.6 is 11.6 Å². The molecule has 0 bridgehead atoms. The minimum absolute atomic E-state index is 0.104. The van der Waals surface area contributed by atoms with Gasteiger partial charge in [0.15, 0.2) is 5.58 Å². The van der Waals surface area contributed by atoms with Gasteiger partial charge < -0.3 is 4.42 Å². The third kappa shape index (κ3) is 2.97. The molecule has 6 heteroatoms. The molecule has 0 N–H and O–H groups in total. The molecule has 3 heterocycles. The van der Waals surface area contributed by atoms with Gasteiger partial charge in [-0.1, -0.05) is 11.6 Å². The van der Waals surface area contributed by atoms with Gasteiger partial charge in [-0.3, -0.25) is 14.5 Å². The summed E-state index contributed by atoms with van der Waals surface area (Å²) in [5.74, 6) is -0.303. The first-order valence-corrected chi connectivity index (χ1v) is 8.50. The second-order valence-corrected chi connectivity index (χ2v) is 6.67. The Morgan fingerprint density at radius 1 is 1.25 bits per heavy atom. The lowest BCUT2D eigenvalue weighted by Crippen LogP contribution is -2.38. The first kappa shape index (κ1) is 15.4. The van der Waals surface area contributed by atoms with Crippen LogP contribution < -0.4 is 5.76 Å². The van der Waals surface area contributed by atoms with Crippen LogP contribution in [0.1, 0.15) is 24.4 Å². The van der Waals surface area contributed by atoms with Crippen molar-refractivity contribution in [3.05, 3.63) is 63.9 Å². The van der Waals surface area contributed by atoms with E-state index in [1.54, 1.807) is 16.7 Å². The van der Waals surface area contributed by atoms with Gasteiger partial charge in [0.1, 0.15) is 0 Å². The van der Waals surface area contributed by atoms with Gasteiger partial charge in [0.2, 0.25) is 0 Å². The van der Waals surface area contributed by atoms with Crippen LogP contribution in [0.3, 0.4) is 0 Å². The molecule has 24 heavy (non-hydrogen) atoms. The average Bonchev–Trinajstić information content (AvgIpc) is 2.91. The number of hydrogen-bond donors (Lipinski definition) is 0. The van der Waals surface area contributed by atoms with E-state index in [2.05, 4.69) is 9.88 Å². The van der Waals surface area contributed by atoms with Gasteiger partial charge in [0.25, 0.3) is 0 Å². The molecular formula is C18H18ClN3O2. The van der Waals surface area contributed by atoms with Crippen molar-refractivity contribution in [1.29, 1.82) is 0 Å². The quantitative estimate of drug-likeness (QED) is 0.730. The van der Waals surface area contributed by atoms with Crippen molar-refractivity contribution >= 4 is 22.7 Å². The fourth-order valence-electron chi connectivity index (χ4n) is 3.48. The summed E-state index contributed by atoms with van der Waals surface area (Å²) in [6.07, 6.45) is 5.64. The molecule has 0 radical (unpaired) electrons. The summed E-state index contributed by atoms with van der Waals surface area (Å²) in [6, 6.07) is 9.48. The van der Waals surface area contributed by atoms with Crippen LogP contribution in [0.2, 0.25) is 5.02 Å². The maximum absolute atomic E-state index is 12.3. The predicted molar refractivity (Wildman–Crippen MR) is 93.3 cm³/mol. The minimum atomic E-state index is -0.303. The summed E-state index contributed by atoms with van der Waals surface area (Å²) >= 11 is 6.10. The number of nitrogens with zero attached hydrogens (tertiary/aromatic N) is 3. The molecular weight excluding hydrogens is 326 g/mol. The number of benzene rings is 1. The first-order valence-electron chi connectivity index (χ1n) is 8.12. The van der Waals surface area contributed by atoms with Gasteiger partial charge in [-0.2, -0.15) is 0 Å². The lowest BCUT2D eigenvalue weighted by Gasteiger charge is -2.33. The lowest BCUT2D eigenvalue weighted by atomic mass is 10.0. The van der Waals surface area contributed by atoms with Crippen molar-refractivity contribution in [2.24, 2.45) is 0 Å². The van der Waals surface area contributed by atoms with E-state index in [4.69, 9.17) is 16.0 Å². The monoisotopic (exact) mass is 343 g/mol. The Hall–Kier alpha value is -2.11. The summed E-state index contributed by atoms with van der Waals surface area (Å²) in [7, 11) is 0. The number of oxazole rings is 1. The van der Waals surface area contributed by atoms with Crippen LogP contribution in [0, 0.1) is 0 Å². The second-order valence-electron chi connectivity index (χ2n) is 6.24. The van der Waals surface area contributed by atoms with Crippen LogP contribution in [-0.4, -0.2) is 27.5 Å². The zero-order chi connectivity index (χ0) is 16.5. The highest BCUT2D eigenvalue weighted by molar-refractivity contribution is 6.31. The molecule has 1 fully saturated rings. The smallest absolute Gasteiger partial charge is 0.408 e. The molecule has 1 aromatic carbocycles. The summed E-state index contributed by atoms with van der Waals surface area (Å²) in [5, 5.41) is 0.613. The lowest BCUT2D eigenvalue weighted by molar-refractivity contribution is 0.168. The van der Waals surface area contributed by atoms with Crippen LogP contribution in [0.25, 0.3) is 11.1 Å². The van der Waals surface area contributed by atoms with E-state index in [0.717, 1.165) is 38.0 Å². The molecule has 1 atom stereocenters. The Kier molecular flexibility index (Phi) is 4.12. The van der Waals surface area contributed by atoms with Gasteiger partial charge in [-0.25, -0.2) is 4.79 Å². The molecule has 0 spiro atoms. The summed E-state index contributed by atoms with van der Waals surface area (Å²) in [5.41, 5.74) is 2.61. The third-order valence-corrected chi connectivity index (χ3v) is 4.81. The van der Waals surface area contributed by atoms with E-state index in [9.17, 15) is 4.79 Å². The molecule has 2 aromatic heterocycles. The Morgan fingerprint density at radius 2 is 2.08 bits per heavy atom. The van der Waals surface area contributed by atoms with Gasteiger partial charge in [0.05, 0.1) is 11.6 Å². The van der Waals surface area contributed by atoms with Gasteiger partial charge in [-0.05, 0) is 55.3 Å². The summed E-state index contributed by atoms with van der Waals surface area (Å²) in [4.78, 5) is 18.8. The van der Waals surface area contributed by atoms with Gasteiger partial charge in [0, 0.05) is 30.5 Å². The van der Waals surface area contributed by atoms with Gasteiger partial charge in [-0.15, -0.1) is 0 Å². The molecule has 0 aliphatic carbocycles. The average molecular weight is 344 g/mol. The third-order valence-electron chi connectivity index (χ3n) is 4.58. The number of piperidine rings is 1. The highest BCUT2D eigenvalue weighted by atomic mass is 35.5. The summed E-state index contributed by atoms with van der Waals surface area (Å²) < 4.78 is 7.15. The van der Waals surface area contributed by atoms with Crippen molar-refractivity contribution in [2.45, 2.75) is 25.4 Å². The highest BCUT2D eigenvalue weighted by Gasteiger charge is 2.25. The fourth-order valence-corrected chi connectivity index (χ4v) is 3.65. The van der Waals surface area contributed by atoms with E-state index >= 15 is 0 Å². The van der Waals surface area contributed by atoms with E-state index in [1.165, 1.54) is 5.56 Å². The molecule has 5 nitrogen and oxygen atoms in total. The molecule has 0 amide bonds. The van der Waals surface area contributed by atoms with Crippen molar-refractivity contribution in [1.82, 2.24) is 14.5 Å². The number of likely N-dealkylation sites (tertiary alicyclic amines) is 1. The normalized spacial score (nSPS) is 19.0. The Balaban J connectivity index is 1.61. The van der Waals surface area contributed by atoms with Crippen LogP contribution in [0.5, 0.6) is 0 Å². The van der Waals surface area contributed by atoms with Crippen molar-refractivity contribution < 1.29 is 4.42 Å². The summed E-state index contributed by atoms with van der Waals surface area (Å²) in [6.45, 7) is 2.72. The maximum atomic E-state index is 12.3. The SMILES string of the molecule is O=c1oc2ccc(Cl)cc2n1[C@@H]1CCCN(Cc2ccncc2)C1. The molecule has 3 aromatic rings. The van der Waals surface area contributed by atoms with Crippen molar-refractivity contribution in [3.63, 3.8) is 0 Å². The van der Waals surface area contributed by atoms with E-state index < -0.39 is 0 Å². The molecule has 4 rings (SSSR count). The molecule has 0 saturated carbocycles. The number of rotatable bonds is 3. The number of aromatic nitrogens is 2. The number of pyridine rings is 1. The molecule has 1 aliphatic heterocycles. The topological polar surface area (TPSA) is 51.3 Å². The molecule has 1 aliphatic rings. The molecule has 0 unspecified atom stereocenters. The molecule has 124 valence electrons. The zero-order valence-electron chi connectivity index (χ0n) is 13.2. The zero-order valence-corrected chi connectivity index (χ0v) is 13.9. The van der Waals surface area contributed by atoms with Crippen LogP contribution in [-0.2, 0) is 6.54 Å². The number of halogens is 1. The van der Waals surface area contributed by atoms with E-state index in [-0.39, 0.29) is 11.8 Å². The maximum Gasteiger partial charge on any atom is 0.420 e. The largest absolute Gasteiger partial charge is 0.420 e. The number of hydrogen-bond acceptors (Lipinski definition) is 4. The second kappa shape index (κ2) is 6.42. The van der Waals surface area contributed by atoms with E-state index in [0.29, 0.717) is 10.6 Å². The van der Waals surface area contributed by atoms with Crippen molar-refractivity contribution in [2.75, 3.05) is 13.1 Å². The predicted octanol–water partition coefficient (Wildman–Crippen LogP) is 3.48. The first-order chi connectivity index (χ1) is 11.7. The Morgan fingerprint density at radius 3 is 2.92 bits per heavy atom.